The molecule has 0 radical (unpaired) electrons. The summed E-state index contributed by atoms with van der Waals surface area (Å²) in [5.41, 5.74) is 4.33. The number of anilines is 1. The Kier molecular flexibility index (Phi) is 3.41. The first-order chi connectivity index (χ1) is 6.99. The predicted octanol–water partition coefficient (Wildman–Crippen LogP) is 1.99. The first-order valence-corrected chi connectivity index (χ1v) is 4.17. The highest BCUT2D eigenvalue weighted by Gasteiger charge is 2.24. The average molecular weight is 237 g/mol. The number of nitrogens with zero attached hydrogens (tertiary/aromatic N) is 1. The van der Waals surface area contributed by atoms with Gasteiger partial charge in [0.05, 0.1) is 19.0 Å². The molecular formula is C8H7ClF2N2O2. The summed E-state index contributed by atoms with van der Waals surface area (Å²) in [5.74, 6) is -0.384. The fraction of sp³-hybridized carbons (Fsp3) is 0.250. The number of aromatic nitrogens is 1. The molecule has 1 aromatic heterocycles. The zero-order chi connectivity index (χ0) is 11.6. The molecule has 0 atom stereocenters. The molecule has 0 aliphatic carbocycles. The lowest BCUT2D eigenvalue weighted by Gasteiger charge is -2.11. The lowest BCUT2D eigenvalue weighted by molar-refractivity contribution is 0.107. The van der Waals surface area contributed by atoms with E-state index in [-0.39, 0.29) is 17.0 Å². The molecule has 0 saturated heterocycles. The molecule has 0 saturated carbocycles. The van der Waals surface area contributed by atoms with Gasteiger partial charge in [-0.25, -0.2) is 13.8 Å². The number of nitrogens with two attached hydrogens (primary N) is 1. The number of pyridine rings is 1. The van der Waals surface area contributed by atoms with Crippen molar-refractivity contribution in [2.75, 3.05) is 12.8 Å². The topological polar surface area (TPSA) is 65.2 Å². The van der Waals surface area contributed by atoms with Gasteiger partial charge in [0.2, 0.25) is 0 Å². The molecule has 0 bridgehead atoms. The fourth-order valence-electron chi connectivity index (χ4n) is 1.09. The van der Waals surface area contributed by atoms with Crippen LogP contribution in [0.5, 0.6) is 5.75 Å². The smallest absolute Gasteiger partial charge is 0.284 e. The van der Waals surface area contributed by atoms with Gasteiger partial charge in [0, 0.05) is 0 Å². The van der Waals surface area contributed by atoms with Crippen LogP contribution in [0.15, 0.2) is 6.20 Å². The van der Waals surface area contributed by atoms with Crippen LogP contribution in [0.4, 0.5) is 14.5 Å². The van der Waals surface area contributed by atoms with Crippen molar-refractivity contribution in [3.63, 3.8) is 0 Å². The second-order valence-electron chi connectivity index (χ2n) is 2.58. The van der Waals surface area contributed by atoms with Gasteiger partial charge in [0.1, 0.15) is 11.3 Å². The van der Waals surface area contributed by atoms with E-state index >= 15 is 0 Å². The number of methoxy groups -OCH3 is 1. The van der Waals surface area contributed by atoms with E-state index in [4.69, 9.17) is 17.3 Å². The second-order valence-corrected chi connectivity index (χ2v) is 2.92. The lowest BCUT2D eigenvalue weighted by atomic mass is 10.2. The van der Waals surface area contributed by atoms with E-state index in [0.717, 1.165) is 13.3 Å². The number of halogens is 3. The highest BCUT2D eigenvalue weighted by Crippen LogP contribution is 2.33. The van der Waals surface area contributed by atoms with Crippen LogP contribution in [0.3, 0.4) is 0 Å². The summed E-state index contributed by atoms with van der Waals surface area (Å²) in [6.45, 7) is 0. The zero-order valence-electron chi connectivity index (χ0n) is 7.63. The first kappa shape index (κ1) is 11.6. The summed E-state index contributed by atoms with van der Waals surface area (Å²) in [4.78, 5) is 14.3. The normalized spacial score (nSPS) is 10.5. The zero-order valence-corrected chi connectivity index (χ0v) is 8.39. The van der Waals surface area contributed by atoms with Crippen LogP contribution in [-0.2, 0) is 0 Å². The molecule has 1 aromatic rings. The number of hydrogen-bond donors (Lipinski definition) is 1. The monoisotopic (exact) mass is 236 g/mol. The number of rotatable bonds is 3. The Balaban J connectivity index is 3.47. The van der Waals surface area contributed by atoms with Crippen LogP contribution in [0.2, 0.25) is 0 Å². The van der Waals surface area contributed by atoms with Crippen molar-refractivity contribution < 1.29 is 18.3 Å². The fourth-order valence-corrected chi connectivity index (χ4v) is 1.28. The summed E-state index contributed by atoms with van der Waals surface area (Å²) >= 11 is 5.20. The van der Waals surface area contributed by atoms with Gasteiger partial charge in [-0.05, 0) is 11.6 Å². The Morgan fingerprint density at radius 2 is 2.27 bits per heavy atom. The second kappa shape index (κ2) is 4.39. The van der Waals surface area contributed by atoms with Crippen molar-refractivity contribution in [2.24, 2.45) is 0 Å². The van der Waals surface area contributed by atoms with E-state index in [2.05, 4.69) is 9.72 Å². The third-order valence-corrected chi connectivity index (χ3v) is 1.89. The van der Waals surface area contributed by atoms with Crippen LogP contribution in [0.25, 0.3) is 0 Å². The van der Waals surface area contributed by atoms with E-state index in [1.54, 1.807) is 0 Å². The van der Waals surface area contributed by atoms with Gasteiger partial charge >= 0.3 is 0 Å². The minimum Gasteiger partial charge on any atom is -0.494 e. The number of hydrogen-bond acceptors (Lipinski definition) is 4. The molecule has 0 spiro atoms. The standard InChI is InChI=1S/C8H7ClF2N2O2/c1-15-6-4(7(9)14)3(12)2-13-5(6)8(10)11/h2,8H,12H2,1H3. The molecule has 2 N–H and O–H groups in total. The number of carbonyl (C=O) groups excluding carboxylic acids is 1. The molecule has 0 amide bonds. The lowest BCUT2D eigenvalue weighted by Crippen LogP contribution is -2.07. The molecule has 0 aliphatic rings. The van der Waals surface area contributed by atoms with Crippen molar-refractivity contribution in [3.8, 4) is 5.75 Å². The first-order valence-electron chi connectivity index (χ1n) is 3.79. The molecule has 15 heavy (non-hydrogen) atoms. The molecule has 1 rings (SSSR count). The average Bonchev–Trinajstić information content (AvgIpc) is 2.15. The van der Waals surface area contributed by atoms with Gasteiger partial charge in [-0.3, -0.25) is 4.79 Å². The van der Waals surface area contributed by atoms with Gasteiger partial charge in [-0.15, -0.1) is 0 Å². The maximum atomic E-state index is 12.5. The Morgan fingerprint density at radius 1 is 1.67 bits per heavy atom. The van der Waals surface area contributed by atoms with Crippen LogP contribution in [0, 0.1) is 0 Å². The van der Waals surface area contributed by atoms with Crippen molar-refractivity contribution >= 4 is 22.5 Å². The van der Waals surface area contributed by atoms with Gasteiger partial charge < -0.3 is 10.5 Å². The van der Waals surface area contributed by atoms with Gasteiger partial charge in [-0.1, -0.05) is 0 Å². The van der Waals surface area contributed by atoms with Crippen molar-refractivity contribution in [2.45, 2.75) is 6.43 Å². The molecule has 7 heteroatoms. The molecule has 0 aromatic carbocycles. The van der Waals surface area contributed by atoms with E-state index in [9.17, 15) is 13.6 Å². The minimum atomic E-state index is -2.87. The SMILES string of the molecule is COc1c(C(F)F)ncc(N)c1C(=O)Cl. The number of alkyl halides is 2. The molecule has 0 aliphatic heterocycles. The van der Waals surface area contributed by atoms with Gasteiger partial charge in [0.25, 0.3) is 11.7 Å². The molecule has 0 fully saturated rings. The minimum absolute atomic E-state index is 0.101. The maximum absolute atomic E-state index is 12.5. The number of carbonyl (C=O) groups is 1. The Labute approximate surface area is 89.0 Å². The maximum Gasteiger partial charge on any atom is 0.284 e. The summed E-state index contributed by atoms with van der Waals surface area (Å²) in [6.07, 6.45) is -1.92. The van der Waals surface area contributed by atoms with Crippen LogP contribution in [0.1, 0.15) is 22.5 Å². The Bertz CT molecular complexity index is 398. The van der Waals surface area contributed by atoms with Crippen LogP contribution < -0.4 is 10.5 Å². The molecule has 82 valence electrons. The van der Waals surface area contributed by atoms with Crippen molar-refractivity contribution in [1.82, 2.24) is 4.98 Å². The summed E-state index contributed by atoms with van der Waals surface area (Å²) in [6, 6.07) is 0. The largest absolute Gasteiger partial charge is 0.494 e. The van der Waals surface area contributed by atoms with Gasteiger partial charge in [-0.2, -0.15) is 0 Å². The number of nitrogen functional groups attached to an aromatic ring is 1. The molecular weight excluding hydrogens is 230 g/mol. The third-order valence-electron chi connectivity index (χ3n) is 1.70. The van der Waals surface area contributed by atoms with Crippen molar-refractivity contribution in [3.05, 3.63) is 17.5 Å². The molecule has 1 heterocycles. The highest BCUT2D eigenvalue weighted by molar-refractivity contribution is 6.68. The molecule has 4 nitrogen and oxygen atoms in total. The van der Waals surface area contributed by atoms with Gasteiger partial charge in [0.15, 0.2) is 5.75 Å². The van der Waals surface area contributed by atoms with Crippen LogP contribution in [-0.4, -0.2) is 17.3 Å². The predicted molar refractivity (Wildman–Crippen MR) is 50.3 cm³/mol. The van der Waals surface area contributed by atoms with Crippen molar-refractivity contribution in [1.29, 1.82) is 0 Å². The number of ether oxygens (including phenoxy) is 1. The Morgan fingerprint density at radius 3 is 2.67 bits per heavy atom. The highest BCUT2D eigenvalue weighted by atomic mass is 35.5. The summed E-state index contributed by atoms with van der Waals surface area (Å²) < 4.78 is 29.6. The van der Waals surface area contributed by atoms with E-state index in [0.29, 0.717) is 0 Å². The van der Waals surface area contributed by atoms with E-state index in [1.165, 1.54) is 0 Å². The Hall–Kier alpha value is -1.43. The third kappa shape index (κ3) is 2.15. The molecule has 0 unspecified atom stereocenters. The summed E-state index contributed by atoms with van der Waals surface area (Å²) in [7, 11) is 1.13. The summed E-state index contributed by atoms with van der Waals surface area (Å²) in [5, 5.41) is -0.964. The van der Waals surface area contributed by atoms with E-state index in [1.807, 2.05) is 0 Å². The van der Waals surface area contributed by atoms with Crippen LogP contribution >= 0.6 is 11.6 Å². The quantitative estimate of drug-likeness (QED) is 0.815. The van der Waals surface area contributed by atoms with E-state index < -0.39 is 17.4 Å².